The highest BCUT2D eigenvalue weighted by Gasteiger charge is 2.33. The van der Waals surface area contributed by atoms with Crippen molar-refractivity contribution in [3.05, 3.63) is 47.8 Å². The number of nitrogens with two attached hydrogens (primary N) is 1. The van der Waals surface area contributed by atoms with Gasteiger partial charge in [0.2, 0.25) is 0 Å². The van der Waals surface area contributed by atoms with E-state index in [4.69, 9.17) is 5.73 Å². The van der Waals surface area contributed by atoms with Crippen molar-refractivity contribution in [1.29, 1.82) is 0 Å². The molecule has 1 aromatic heterocycles. The van der Waals surface area contributed by atoms with Crippen LogP contribution in [0.3, 0.4) is 0 Å². The van der Waals surface area contributed by atoms with Crippen LogP contribution in [0.5, 0.6) is 0 Å². The molecule has 10 heteroatoms. The standard InChI is InChI=1S/C14H13F5N4O/c15-13(16,7-20)8-21-12(24)9-2-1-3-10(6-9)23-5-4-11(22-23)14(17,18)19/h1-6H,7-8,20H2,(H,21,24). The summed E-state index contributed by atoms with van der Waals surface area (Å²) in [6.07, 6.45) is -3.50. The third-order valence-corrected chi connectivity index (χ3v) is 3.06. The summed E-state index contributed by atoms with van der Waals surface area (Å²) in [7, 11) is 0. The molecule has 1 aromatic carbocycles. The van der Waals surface area contributed by atoms with E-state index < -0.39 is 36.8 Å². The zero-order valence-electron chi connectivity index (χ0n) is 12.1. The Balaban J connectivity index is 2.17. The Morgan fingerprint density at radius 2 is 1.92 bits per heavy atom. The van der Waals surface area contributed by atoms with Gasteiger partial charge in [0.25, 0.3) is 11.8 Å². The van der Waals surface area contributed by atoms with Crippen molar-refractivity contribution < 1.29 is 26.7 Å². The average molecular weight is 348 g/mol. The lowest BCUT2D eigenvalue weighted by molar-refractivity contribution is -0.141. The van der Waals surface area contributed by atoms with Crippen LogP contribution in [0.2, 0.25) is 0 Å². The van der Waals surface area contributed by atoms with Crippen molar-refractivity contribution in [1.82, 2.24) is 15.1 Å². The van der Waals surface area contributed by atoms with Crippen LogP contribution in [0, 0.1) is 0 Å². The third-order valence-electron chi connectivity index (χ3n) is 3.06. The van der Waals surface area contributed by atoms with Crippen LogP contribution < -0.4 is 11.1 Å². The molecular weight excluding hydrogens is 335 g/mol. The van der Waals surface area contributed by atoms with E-state index in [9.17, 15) is 26.7 Å². The molecule has 0 bridgehead atoms. The smallest absolute Gasteiger partial charge is 0.346 e. The highest BCUT2D eigenvalue weighted by molar-refractivity contribution is 5.94. The summed E-state index contributed by atoms with van der Waals surface area (Å²) < 4.78 is 64.6. The molecule has 1 heterocycles. The molecular formula is C14H13F5N4O. The number of carbonyl (C=O) groups is 1. The van der Waals surface area contributed by atoms with Gasteiger partial charge in [-0.15, -0.1) is 0 Å². The lowest BCUT2D eigenvalue weighted by atomic mass is 10.2. The highest BCUT2D eigenvalue weighted by Crippen LogP contribution is 2.27. The molecule has 1 amide bonds. The Kier molecular flexibility index (Phi) is 4.88. The first-order chi connectivity index (χ1) is 11.1. The molecule has 0 spiro atoms. The number of nitrogens with zero attached hydrogens (tertiary/aromatic N) is 2. The first-order valence-corrected chi connectivity index (χ1v) is 6.72. The van der Waals surface area contributed by atoms with Crippen LogP contribution in [-0.4, -0.2) is 34.7 Å². The molecule has 5 nitrogen and oxygen atoms in total. The van der Waals surface area contributed by atoms with Gasteiger partial charge in [0.05, 0.1) is 18.8 Å². The number of hydrogen-bond acceptors (Lipinski definition) is 3. The predicted octanol–water partition coefficient (Wildman–Crippen LogP) is 2.21. The minimum atomic E-state index is -4.59. The molecule has 0 aliphatic rings. The van der Waals surface area contributed by atoms with Crippen molar-refractivity contribution in [2.75, 3.05) is 13.1 Å². The molecule has 0 saturated carbocycles. The summed E-state index contributed by atoms with van der Waals surface area (Å²) >= 11 is 0. The molecule has 130 valence electrons. The molecule has 0 radical (unpaired) electrons. The Labute approximate surface area is 133 Å². The van der Waals surface area contributed by atoms with Gasteiger partial charge in [-0.2, -0.15) is 18.3 Å². The van der Waals surface area contributed by atoms with E-state index in [1.807, 2.05) is 5.32 Å². The fourth-order valence-corrected chi connectivity index (χ4v) is 1.79. The fourth-order valence-electron chi connectivity index (χ4n) is 1.79. The molecule has 2 aromatic rings. The number of aromatic nitrogens is 2. The van der Waals surface area contributed by atoms with E-state index in [1.54, 1.807) is 0 Å². The molecule has 0 aliphatic heterocycles. The second kappa shape index (κ2) is 6.56. The minimum Gasteiger partial charge on any atom is -0.346 e. The molecule has 0 fully saturated rings. The zero-order chi connectivity index (χ0) is 18.0. The van der Waals surface area contributed by atoms with Gasteiger partial charge in [0.1, 0.15) is 0 Å². The Morgan fingerprint density at radius 1 is 1.21 bits per heavy atom. The van der Waals surface area contributed by atoms with Crippen molar-refractivity contribution in [2.24, 2.45) is 5.73 Å². The van der Waals surface area contributed by atoms with Crippen molar-refractivity contribution in [2.45, 2.75) is 12.1 Å². The summed E-state index contributed by atoms with van der Waals surface area (Å²) in [5.74, 6) is -4.04. The maximum absolute atomic E-state index is 13.0. The molecule has 3 N–H and O–H groups in total. The van der Waals surface area contributed by atoms with Gasteiger partial charge in [-0.3, -0.25) is 4.79 Å². The monoisotopic (exact) mass is 348 g/mol. The Morgan fingerprint density at radius 3 is 2.50 bits per heavy atom. The second-order valence-electron chi connectivity index (χ2n) is 4.94. The lowest BCUT2D eigenvalue weighted by Crippen LogP contribution is -2.41. The van der Waals surface area contributed by atoms with Crippen molar-refractivity contribution >= 4 is 5.91 Å². The van der Waals surface area contributed by atoms with E-state index in [-0.39, 0.29) is 11.3 Å². The van der Waals surface area contributed by atoms with Gasteiger partial charge in [-0.1, -0.05) is 6.07 Å². The van der Waals surface area contributed by atoms with Gasteiger partial charge >= 0.3 is 6.18 Å². The highest BCUT2D eigenvalue weighted by atomic mass is 19.4. The number of benzene rings is 1. The van der Waals surface area contributed by atoms with Crippen LogP contribution in [0.4, 0.5) is 22.0 Å². The quantitative estimate of drug-likeness (QED) is 0.814. The van der Waals surface area contributed by atoms with E-state index in [0.717, 1.165) is 16.9 Å². The summed E-state index contributed by atoms with van der Waals surface area (Å²) in [5, 5.41) is 5.39. The second-order valence-corrected chi connectivity index (χ2v) is 4.94. The normalized spacial score (nSPS) is 12.2. The molecule has 2 rings (SSSR count). The van der Waals surface area contributed by atoms with Crippen LogP contribution in [0.15, 0.2) is 36.5 Å². The van der Waals surface area contributed by atoms with Crippen LogP contribution in [0.25, 0.3) is 5.69 Å². The Hall–Kier alpha value is -2.49. The number of rotatable bonds is 5. The molecule has 0 unspecified atom stereocenters. The minimum absolute atomic E-state index is 0.00406. The molecule has 0 atom stereocenters. The van der Waals surface area contributed by atoms with Crippen molar-refractivity contribution in [3.63, 3.8) is 0 Å². The maximum atomic E-state index is 13.0. The Bertz CT molecular complexity index is 726. The van der Waals surface area contributed by atoms with Crippen LogP contribution in [0.1, 0.15) is 16.1 Å². The summed E-state index contributed by atoms with van der Waals surface area (Å²) in [6.45, 7) is -1.85. The summed E-state index contributed by atoms with van der Waals surface area (Å²) in [5.41, 5.74) is 3.97. The van der Waals surface area contributed by atoms with E-state index >= 15 is 0 Å². The van der Waals surface area contributed by atoms with E-state index in [2.05, 4.69) is 5.10 Å². The average Bonchev–Trinajstić information content (AvgIpc) is 3.03. The van der Waals surface area contributed by atoms with Gasteiger partial charge < -0.3 is 11.1 Å². The number of hydrogen-bond donors (Lipinski definition) is 2. The number of amides is 1. The van der Waals surface area contributed by atoms with Crippen LogP contribution >= 0.6 is 0 Å². The summed E-state index contributed by atoms with van der Waals surface area (Å²) in [6, 6.07) is 6.20. The summed E-state index contributed by atoms with van der Waals surface area (Å²) in [4.78, 5) is 11.9. The zero-order valence-corrected chi connectivity index (χ0v) is 12.1. The molecule has 0 aliphatic carbocycles. The number of carbonyl (C=O) groups excluding carboxylic acids is 1. The molecule has 0 saturated heterocycles. The van der Waals surface area contributed by atoms with Crippen LogP contribution in [-0.2, 0) is 6.18 Å². The topological polar surface area (TPSA) is 72.9 Å². The number of nitrogens with one attached hydrogen (secondary N) is 1. The van der Waals surface area contributed by atoms with Gasteiger partial charge in [-0.05, 0) is 24.3 Å². The number of alkyl halides is 5. The maximum Gasteiger partial charge on any atom is 0.435 e. The predicted molar refractivity (Wildman–Crippen MR) is 74.9 cm³/mol. The SMILES string of the molecule is NCC(F)(F)CNC(=O)c1cccc(-n2ccc(C(F)(F)F)n2)c1. The van der Waals surface area contributed by atoms with Gasteiger partial charge in [-0.25, -0.2) is 13.5 Å². The van der Waals surface area contributed by atoms with Crippen molar-refractivity contribution in [3.8, 4) is 5.69 Å². The number of halogens is 5. The van der Waals surface area contributed by atoms with Gasteiger partial charge in [0.15, 0.2) is 5.69 Å². The largest absolute Gasteiger partial charge is 0.435 e. The third kappa shape index (κ3) is 4.28. The van der Waals surface area contributed by atoms with Gasteiger partial charge in [0, 0.05) is 11.8 Å². The first-order valence-electron chi connectivity index (χ1n) is 6.72. The lowest BCUT2D eigenvalue weighted by Gasteiger charge is -2.14. The van der Waals surface area contributed by atoms with E-state index in [0.29, 0.717) is 0 Å². The fraction of sp³-hybridized carbons (Fsp3) is 0.286. The van der Waals surface area contributed by atoms with E-state index in [1.165, 1.54) is 24.3 Å². The molecule has 24 heavy (non-hydrogen) atoms. The first kappa shape index (κ1) is 17.9.